The van der Waals surface area contributed by atoms with Crippen LogP contribution in [0.25, 0.3) is 0 Å². The summed E-state index contributed by atoms with van der Waals surface area (Å²) < 4.78 is 36.2. The summed E-state index contributed by atoms with van der Waals surface area (Å²) in [5.41, 5.74) is 1.83. The van der Waals surface area contributed by atoms with Gasteiger partial charge in [-0.15, -0.1) is 4.31 Å². The number of ether oxygens (including phenoxy) is 1. The van der Waals surface area contributed by atoms with Gasteiger partial charge in [0.1, 0.15) is 17.5 Å². The summed E-state index contributed by atoms with van der Waals surface area (Å²) in [5, 5.41) is 5.24. The Morgan fingerprint density at radius 3 is 2.50 bits per heavy atom. The highest BCUT2D eigenvalue weighted by Crippen LogP contribution is 2.39. The fourth-order valence-electron chi connectivity index (χ4n) is 7.10. The first kappa shape index (κ1) is 34.4. The summed E-state index contributed by atoms with van der Waals surface area (Å²) in [7, 11) is 0. The molecular formula is C34H45FN6O6S. The van der Waals surface area contributed by atoms with Gasteiger partial charge in [-0.3, -0.25) is 24.6 Å². The first-order chi connectivity index (χ1) is 22.8. The monoisotopic (exact) mass is 684 g/mol. The SMILES string of the molecule is CC(C)(C)OC(=O)NC1CCN([S+]([O-])c2cccc(CN3CCN(C4=C(F)CC5C(=O)N(C6CCC(=O)NC6=O)CC5=C4)CC3)c2)CC1. The molecule has 4 heterocycles. The van der Waals surface area contributed by atoms with Crippen molar-refractivity contribution >= 4 is 35.2 Å². The molecule has 0 radical (unpaired) electrons. The number of fused-ring (bicyclic) bond motifs is 1. The van der Waals surface area contributed by atoms with Crippen LogP contribution >= 0.6 is 0 Å². The molecule has 12 nitrogen and oxygen atoms in total. The van der Waals surface area contributed by atoms with Crippen LogP contribution in [-0.2, 0) is 37.0 Å². The molecule has 48 heavy (non-hydrogen) atoms. The quantitative estimate of drug-likeness (QED) is 0.328. The lowest BCUT2D eigenvalue weighted by molar-refractivity contribution is -0.144. The maximum atomic E-state index is 15.4. The van der Waals surface area contributed by atoms with Crippen molar-refractivity contribution < 1.29 is 32.9 Å². The molecule has 0 aromatic heterocycles. The Kier molecular flexibility index (Phi) is 10.2. The van der Waals surface area contributed by atoms with Crippen molar-refractivity contribution in [1.29, 1.82) is 0 Å². The third-order valence-electron chi connectivity index (χ3n) is 9.58. The minimum absolute atomic E-state index is 0.00809. The number of rotatable bonds is 7. The Hall–Kier alpha value is -3.46. The highest BCUT2D eigenvalue weighted by atomic mass is 32.2. The number of hydrogen-bond donors (Lipinski definition) is 2. The highest BCUT2D eigenvalue weighted by Gasteiger charge is 2.45. The first-order valence-electron chi connectivity index (χ1n) is 16.8. The van der Waals surface area contributed by atoms with Gasteiger partial charge >= 0.3 is 6.09 Å². The van der Waals surface area contributed by atoms with Gasteiger partial charge in [-0.25, -0.2) is 9.18 Å². The van der Waals surface area contributed by atoms with Crippen molar-refractivity contribution in [2.45, 2.75) is 82.0 Å². The molecule has 14 heteroatoms. The van der Waals surface area contributed by atoms with Crippen LogP contribution in [0.5, 0.6) is 0 Å². The molecule has 0 bridgehead atoms. The number of carbonyl (C=O) groups is 4. The molecule has 4 saturated heterocycles. The Labute approximate surface area is 284 Å². The number of benzene rings is 1. The number of halogens is 1. The smallest absolute Gasteiger partial charge is 0.407 e. The topological polar surface area (TPSA) is 138 Å². The summed E-state index contributed by atoms with van der Waals surface area (Å²) in [4.78, 5) is 55.8. The number of nitrogens with one attached hydrogen (secondary N) is 2. The molecule has 4 amide bonds. The van der Waals surface area contributed by atoms with Gasteiger partial charge in [-0.05, 0) is 69.4 Å². The second-order valence-electron chi connectivity index (χ2n) is 14.2. The van der Waals surface area contributed by atoms with E-state index in [4.69, 9.17) is 4.74 Å². The van der Waals surface area contributed by atoms with Crippen molar-refractivity contribution in [3.8, 4) is 0 Å². The van der Waals surface area contributed by atoms with Gasteiger partial charge in [0.15, 0.2) is 4.90 Å². The van der Waals surface area contributed by atoms with E-state index in [2.05, 4.69) is 15.5 Å². The van der Waals surface area contributed by atoms with Gasteiger partial charge < -0.3 is 24.4 Å². The normalized spacial score (nSPS) is 25.5. The van der Waals surface area contributed by atoms with Crippen molar-refractivity contribution in [1.82, 2.24) is 29.6 Å². The highest BCUT2D eigenvalue weighted by molar-refractivity contribution is 7.89. The van der Waals surface area contributed by atoms with Crippen LogP contribution < -0.4 is 10.6 Å². The molecule has 1 aromatic rings. The summed E-state index contributed by atoms with van der Waals surface area (Å²) >= 11 is -1.31. The minimum Gasteiger partial charge on any atom is -0.593 e. The van der Waals surface area contributed by atoms with Crippen LogP contribution in [0.15, 0.2) is 52.3 Å². The summed E-state index contributed by atoms with van der Waals surface area (Å²) in [6.07, 6.45) is 3.21. The van der Waals surface area contributed by atoms with Crippen LogP contribution in [0.1, 0.15) is 58.4 Å². The average molecular weight is 685 g/mol. The fourth-order valence-corrected chi connectivity index (χ4v) is 8.39. The molecule has 4 fully saturated rings. The van der Waals surface area contributed by atoms with Crippen LogP contribution in [0.4, 0.5) is 9.18 Å². The van der Waals surface area contributed by atoms with Crippen LogP contribution in [0.3, 0.4) is 0 Å². The number of carbonyl (C=O) groups excluding carboxylic acids is 4. The summed E-state index contributed by atoms with van der Waals surface area (Å²) in [6, 6.07) is 7.13. The van der Waals surface area contributed by atoms with Gasteiger partial charge in [-0.1, -0.05) is 12.1 Å². The van der Waals surface area contributed by atoms with Gasteiger partial charge in [0.05, 0.1) is 23.0 Å². The Bertz CT molecular complexity index is 1500. The Morgan fingerprint density at radius 1 is 1.08 bits per heavy atom. The third-order valence-corrected chi connectivity index (χ3v) is 11.1. The molecular weight excluding hydrogens is 639 g/mol. The molecule has 3 atom stereocenters. The zero-order chi connectivity index (χ0) is 34.2. The lowest BCUT2D eigenvalue weighted by Crippen LogP contribution is -2.53. The minimum atomic E-state index is -1.31. The molecule has 4 aliphatic heterocycles. The average Bonchev–Trinajstić information content (AvgIpc) is 3.35. The van der Waals surface area contributed by atoms with E-state index in [0.29, 0.717) is 51.3 Å². The van der Waals surface area contributed by atoms with Crippen LogP contribution in [-0.4, -0.2) is 111 Å². The van der Waals surface area contributed by atoms with Gasteiger partial charge in [-0.2, -0.15) is 0 Å². The fraction of sp³-hybridized carbons (Fsp3) is 0.588. The standard InChI is InChI=1S/C34H45FN6O6S/c1-34(2,3)47-33(45)36-24-9-11-40(12-10-24)48(46)25-6-4-5-22(17-25)20-38-13-15-39(16-14-38)29-18-23-21-41(32(44)26(23)19-27(29)35)28-7-8-30(42)37-31(28)43/h4-6,17-18,24,26,28H,7-16,19-21H2,1-3H3,(H,36,45)(H,37,42,43). The van der Waals surface area contributed by atoms with Crippen LogP contribution in [0.2, 0.25) is 0 Å². The van der Waals surface area contributed by atoms with E-state index in [1.807, 2.05) is 54.2 Å². The van der Waals surface area contributed by atoms with E-state index in [-0.39, 0.29) is 49.5 Å². The maximum Gasteiger partial charge on any atom is 0.407 e. The second-order valence-corrected chi connectivity index (χ2v) is 15.7. The number of imide groups is 1. The van der Waals surface area contributed by atoms with Gasteiger partial charge in [0.2, 0.25) is 17.7 Å². The number of amides is 4. The zero-order valence-corrected chi connectivity index (χ0v) is 28.7. The molecule has 3 unspecified atom stereocenters. The number of nitrogens with zero attached hydrogens (tertiary/aromatic N) is 4. The Morgan fingerprint density at radius 2 is 1.81 bits per heavy atom. The molecule has 260 valence electrons. The maximum absolute atomic E-state index is 15.4. The lowest BCUT2D eigenvalue weighted by Gasteiger charge is -2.38. The largest absolute Gasteiger partial charge is 0.593 e. The lowest BCUT2D eigenvalue weighted by atomic mass is 9.91. The number of hydrogen-bond acceptors (Lipinski definition) is 9. The van der Waals surface area contributed by atoms with E-state index >= 15 is 4.39 Å². The zero-order valence-electron chi connectivity index (χ0n) is 27.8. The summed E-state index contributed by atoms with van der Waals surface area (Å²) in [6.45, 7) is 10.3. The van der Waals surface area contributed by atoms with Crippen LogP contribution in [0, 0.1) is 5.92 Å². The molecule has 1 aliphatic carbocycles. The molecule has 1 aromatic carbocycles. The van der Waals surface area contributed by atoms with E-state index in [1.54, 1.807) is 6.08 Å². The van der Waals surface area contributed by atoms with Crippen molar-refractivity contribution in [3.63, 3.8) is 0 Å². The number of allylic oxidation sites excluding steroid dienone is 2. The molecule has 2 N–H and O–H groups in total. The van der Waals surface area contributed by atoms with Crippen molar-refractivity contribution in [3.05, 3.63) is 53.0 Å². The number of piperazine rings is 1. The van der Waals surface area contributed by atoms with Crippen molar-refractivity contribution in [2.75, 3.05) is 45.8 Å². The predicted molar refractivity (Wildman–Crippen MR) is 176 cm³/mol. The molecule has 6 rings (SSSR count). The number of alkyl carbamates (subject to hydrolysis) is 1. The van der Waals surface area contributed by atoms with E-state index in [0.717, 1.165) is 29.1 Å². The summed E-state index contributed by atoms with van der Waals surface area (Å²) in [5.74, 6) is -1.96. The van der Waals surface area contributed by atoms with Crippen molar-refractivity contribution in [2.24, 2.45) is 5.92 Å². The first-order valence-corrected chi connectivity index (χ1v) is 17.9. The van der Waals surface area contributed by atoms with E-state index in [1.165, 1.54) is 4.90 Å². The molecule has 0 spiro atoms. The number of piperidine rings is 2. The third kappa shape index (κ3) is 7.88. The van der Waals surface area contributed by atoms with E-state index in [9.17, 15) is 23.7 Å². The second kappa shape index (κ2) is 14.2. The van der Waals surface area contributed by atoms with Gasteiger partial charge in [0.25, 0.3) is 0 Å². The number of likely N-dealkylation sites (tertiary alicyclic amines) is 1. The molecule has 5 aliphatic rings. The van der Waals surface area contributed by atoms with Gasteiger partial charge in [0, 0.05) is 71.2 Å². The predicted octanol–water partition coefficient (Wildman–Crippen LogP) is 2.59. The molecule has 0 saturated carbocycles. The van der Waals surface area contributed by atoms with E-state index < -0.39 is 40.9 Å². The Balaban J connectivity index is 0.991.